The van der Waals surface area contributed by atoms with Crippen molar-refractivity contribution in [3.8, 4) is 6.07 Å². The molecular weight excluding hydrogens is 170 g/mol. The van der Waals surface area contributed by atoms with Crippen LogP contribution in [0.1, 0.15) is 65.7 Å². The monoisotopic (exact) mass is 195 g/mol. The summed E-state index contributed by atoms with van der Waals surface area (Å²) in [6.07, 6.45) is 8.45. The van der Waals surface area contributed by atoms with Gasteiger partial charge in [0, 0.05) is 6.42 Å². The second kappa shape index (κ2) is 9.06. The molecule has 14 heavy (non-hydrogen) atoms. The van der Waals surface area contributed by atoms with Gasteiger partial charge in [-0.05, 0) is 24.7 Å². The van der Waals surface area contributed by atoms with Crippen LogP contribution in [0, 0.1) is 23.2 Å². The van der Waals surface area contributed by atoms with Gasteiger partial charge in [-0.2, -0.15) is 5.26 Å². The zero-order valence-corrected chi connectivity index (χ0v) is 10.1. The molecule has 0 amide bonds. The molecule has 0 aromatic heterocycles. The van der Waals surface area contributed by atoms with Crippen LogP contribution in [0.15, 0.2) is 0 Å². The van der Waals surface area contributed by atoms with Crippen molar-refractivity contribution in [2.24, 2.45) is 11.8 Å². The van der Waals surface area contributed by atoms with Crippen LogP contribution in [0.5, 0.6) is 0 Å². The maximum absolute atomic E-state index is 8.66. The molecule has 0 bridgehead atoms. The molecule has 82 valence electrons. The summed E-state index contributed by atoms with van der Waals surface area (Å²) in [4.78, 5) is 0. The minimum atomic E-state index is 0.664. The lowest BCUT2D eigenvalue weighted by molar-refractivity contribution is 0.417. The summed E-state index contributed by atoms with van der Waals surface area (Å²) in [6.45, 7) is 6.76. The Bertz CT molecular complexity index is 155. The smallest absolute Gasteiger partial charge is 0.0624 e. The standard InChI is InChI=1S/C13H25N/c1-4-7-13(10-11-14)9-6-5-8-12(2)3/h12-13H,4-10H2,1-3H3. The van der Waals surface area contributed by atoms with Crippen molar-refractivity contribution in [2.75, 3.05) is 0 Å². The van der Waals surface area contributed by atoms with Gasteiger partial charge in [-0.15, -0.1) is 0 Å². The van der Waals surface area contributed by atoms with E-state index in [2.05, 4.69) is 26.8 Å². The van der Waals surface area contributed by atoms with E-state index in [1.807, 2.05) is 0 Å². The van der Waals surface area contributed by atoms with Gasteiger partial charge in [-0.25, -0.2) is 0 Å². The third kappa shape index (κ3) is 8.10. The maximum atomic E-state index is 8.66. The Labute approximate surface area is 89.5 Å². The van der Waals surface area contributed by atoms with Crippen LogP contribution in [-0.4, -0.2) is 0 Å². The first-order valence-electron chi connectivity index (χ1n) is 6.07. The van der Waals surface area contributed by atoms with Crippen molar-refractivity contribution in [1.82, 2.24) is 0 Å². The van der Waals surface area contributed by atoms with E-state index in [0.717, 1.165) is 12.3 Å². The summed E-state index contributed by atoms with van der Waals surface area (Å²) in [5, 5.41) is 8.66. The predicted molar refractivity (Wildman–Crippen MR) is 61.9 cm³/mol. The van der Waals surface area contributed by atoms with Crippen LogP contribution in [-0.2, 0) is 0 Å². The quantitative estimate of drug-likeness (QED) is 0.522. The summed E-state index contributed by atoms with van der Waals surface area (Å²) < 4.78 is 0. The first kappa shape index (κ1) is 13.5. The predicted octanol–water partition coefficient (Wildman–Crippen LogP) is 4.53. The molecule has 0 aromatic carbocycles. The van der Waals surface area contributed by atoms with Gasteiger partial charge in [0.1, 0.15) is 0 Å². The van der Waals surface area contributed by atoms with Gasteiger partial charge >= 0.3 is 0 Å². The first-order chi connectivity index (χ1) is 6.70. The van der Waals surface area contributed by atoms with Gasteiger partial charge in [-0.3, -0.25) is 0 Å². The molecule has 0 saturated heterocycles. The van der Waals surface area contributed by atoms with Crippen LogP contribution in [0.3, 0.4) is 0 Å². The van der Waals surface area contributed by atoms with Crippen molar-refractivity contribution in [1.29, 1.82) is 5.26 Å². The second-order valence-corrected chi connectivity index (χ2v) is 4.70. The highest BCUT2D eigenvalue weighted by Crippen LogP contribution is 2.19. The van der Waals surface area contributed by atoms with Crippen LogP contribution in [0.2, 0.25) is 0 Å². The lowest BCUT2D eigenvalue weighted by atomic mass is 9.93. The fourth-order valence-corrected chi connectivity index (χ4v) is 1.87. The van der Waals surface area contributed by atoms with Gasteiger partial charge in [0.25, 0.3) is 0 Å². The lowest BCUT2D eigenvalue weighted by Crippen LogP contribution is -1.99. The number of hydrogen-bond acceptors (Lipinski definition) is 1. The van der Waals surface area contributed by atoms with Crippen LogP contribution in [0.25, 0.3) is 0 Å². The summed E-state index contributed by atoms with van der Waals surface area (Å²) >= 11 is 0. The van der Waals surface area contributed by atoms with Crippen LogP contribution >= 0.6 is 0 Å². The molecule has 1 heteroatoms. The van der Waals surface area contributed by atoms with Crippen molar-refractivity contribution in [3.05, 3.63) is 0 Å². The Morgan fingerprint density at radius 1 is 1.07 bits per heavy atom. The number of hydrogen-bond donors (Lipinski definition) is 0. The maximum Gasteiger partial charge on any atom is 0.0624 e. The molecule has 0 heterocycles. The number of unbranched alkanes of at least 4 members (excludes halogenated alkanes) is 1. The molecule has 0 rings (SSSR count). The van der Waals surface area contributed by atoms with Crippen LogP contribution < -0.4 is 0 Å². The summed E-state index contributed by atoms with van der Waals surface area (Å²) in [7, 11) is 0. The Hall–Kier alpha value is -0.510. The fourth-order valence-electron chi connectivity index (χ4n) is 1.87. The van der Waals surface area contributed by atoms with Gasteiger partial charge in [0.15, 0.2) is 0 Å². The van der Waals surface area contributed by atoms with E-state index in [1.54, 1.807) is 0 Å². The van der Waals surface area contributed by atoms with Gasteiger partial charge in [0.05, 0.1) is 6.07 Å². The number of rotatable bonds is 8. The van der Waals surface area contributed by atoms with Crippen molar-refractivity contribution in [2.45, 2.75) is 65.7 Å². The molecule has 0 saturated carbocycles. The van der Waals surface area contributed by atoms with E-state index < -0.39 is 0 Å². The molecule has 0 radical (unpaired) electrons. The van der Waals surface area contributed by atoms with Crippen molar-refractivity contribution >= 4 is 0 Å². The van der Waals surface area contributed by atoms with Gasteiger partial charge in [-0.1, -0.05) is 46.5 Å². The summed E-state index contributed by atoms with van der Waals surface area (Å²) in [5.41, 5.74) is 0. The van der Waals surface area contributed by atoms with Crippen LogP contribution in [0.4, 0.5) is 0 Å². The van der Waals surface area contributed by atoms with E-state index in [-0.39, 0.29) is 0 Å². The highest BCUT2D eigenvalue weighted by atomic mass is 14.2. The van der Waals surface area contributed by atoms with Crippen molar-refractivity contribution in [3.63, 3.8) is 0 Å². The summed E-state index contributed by atoms with van der Waals surface area (Å²) in [6, 6.07) is 2.30. The van der Waals surface area contributed by atoms with E-state index in [0.29, 0.717) is 5.92 Å². The molecule has 0 aromatic rings. The minimum Gasteiger partial charge on any atom is -0.198 e. The fraction of sp³-hybridized carbons (Fsp3) is 0.923. The molecule has 1 atom stereocenters. The molecule has 0 aliphatic rings. The third-order valence-corrected chi connectivity index (χ3v) is 2.72. The molecule has 1 unspecified atom stereocenters. The van der Waals surface area contributed by atoms with Gasteiger partial charge < -0.3 is 0 Å². The zero-order valence-electron chi connectivity index (χ0n) is 10.1. The normalized spacial score (nSPS) is 12.8. The van der Waals surface area contributed by atoms with Crippen molar-refractivity contribution < 1.29 is 0 Å². The molecule has 0 fully saturated rings. The topological polar surface area (TPSA) is 23.8 Å². The Morgan fingerprint density at radius 2 is 1.71 bits per heavy atom. The van der Waals surface area contributed by atoms with E-state index >= 15 is 0 Å². The molecule has 0 aliphatic carbocycles. The average Bonchev–Trinajstić information content (AvgIpc) is 2.12. The largest absolute Gasteiger partial charge is 0.198 e. The SMILES string of the molecule is CCCC(CC#N)CCCCC(C)C. The molecular formula is C13H25N. The van der Waals surface area contributed by atoms with Gasteiger partial charge in [0.2, 0.25) is 0 Å². The summed E-state index contributed by atoms with van der Waals surface area (Å²) in [5.74, 6) is 1.49. The molecule has 0 N–H and O–H groups in total. The van der Waals surface area contributed by atoms with E-state index in [1.165, 1.54) is 38.5 Å². The Morgan fingerprint density at radius 3 is 2.21 bits per heavy atom. The number of nitriles is 1. The molecule has 0 spiro atoms. The average molecular weight is 195 g/mol. The second-order valence-electron chi connectivity index (χ2n) is 4.70. The lowest BCUT2D eigenvalue weighted by Gasteiger charge is -2.12. The Kier molecular flexibility index (Phi) is 8.73. The van der Waals surface area contributed by atoms with E-state index in [4.69, 9.17) is 5.26 Å². The molecule has 1 nitrogen and oxygen atoms in total. The first-order valence-corrected chi connectivity index (χ1v) is 6.07. The highest BCUT2D eigenvalue weighted by Gasteiger charge is 2.06. The Balaban J connectivity index is 3.46. The third-order valence-electron chi connectivity index (χ3n) is 2.72. The number of nitrogens with zero attached hydrogens (tertiary/aromatic N) is 1. The highest BCUT2D eigenvalue weighted by molar-refractivity contribution is 4.75. The zero-order chi connectivity index (χ0) is 10.8. The minimum absolute atomic E-state index is 0.664. The van der Waals surface area contributed by atoms with E-state index in [9.17, 15) is 0 Å². The molecule has 0 aliphatic heterocycles.